The molecular weight excluding hydrogens is 299 g/mol. The van der Waals surface area contributed by atoms with E-state index in [0.717, 1.165) is 24.3 Å². The Labute approximate surface area is 111 Å². The molecule has 0 aliphatic carbocycles. The molecule has 0 unspecified atom stereocenters. The summed E-state index contributed by atoms with van der Waals surface area (Å²) in [4.78, 5) is 10.00. The molecule has 0 aliphatic rings. The van der Waals surface area contributed by atoms with Gasteiger partial charge in [-0.3, -0.25) is 0 Å². The highest BCUT2D eigenvalue weighted by atomic mass is 32.2. The van der Waals surface area contributed by atoms with E-state index in [0.29, 0.717) is 5.52 Å². The lowest BCUT2D eigenvalue weighted by Crippen LogP contribution is -2.23. The van der Waals surface area contributed by atoms with E-state index in [-0.39, 0.29) is 11.1 Å². The lowest BCUT2D eigenvalue weighted by molar-refractivity contribution is -0.0436. The summed E-state index contributed by atoms with van der Waals surface area (Å²) in [5, 5.41) is 9.01. The number of alkyl halides is 3. The average molecular weight is 307 g/mol. The predicted octanol–water partition coefficient (Wildman–Crippen LogP) is 2.17. The molecule has 2 rings (SSSR count). The molecule has 0 saturated heterocycles. The van der Waals surface area contributed by atoms with Crippen molar-refractivity contribution in [2.75, 3.05) is 0 Å². The topological polar surface area (TPSA) is 76.4 Å². The molecule has 0 bridgehead atoms. The van der Waals surface area contributed by atoms with Gasteiger partial charge in [0.2, 0.25) is 0 Å². The fourth-order valence-electron chi connectivity index (χ4n) is 1.83. The van der Waals surface area contributed by atoms with E-state index < -0.39 is 26.2 Å². The molecule has 1 aromatic carbocycles. The van der Waals surface area contributed by atoms with Gasteiger partial charge in [0.15, 0.2) is 0 Å². The summed E-state index contributed by atoms with van der Waals surface area (Å²) in [6.07, 6.45) is 0. The first-order valence-electron chi connectivity index (χ1n) is 5.20. The Balaban J connectivity index is 2.70. The number of hydrogen-bond acceptors (Lipinski definition) is 3. The zero-order valence-electron chi connectivity index (χ0n) is 9.97. The number of aromatic carboxylic acids is 1. The first-order chi connectivity index (χ1) is 9.05. The number of aryl methyl sites for hydroxylation is 1. The predicted molar refractivity (Wildman–Crippen MR) is 63.1 cm³/mol. The molecular formula is C11H8F3NO4S. The zero-order chi connectivity index (χ0) is 15.3. The van der Waals surface area contributed by atoms with Crippen molar-refractivity contribution in [3.63, 3.8) is 0 Å². The zero-order valence-corrected chi connectivity index (χ0v) is 10.8. The second kappa shape index (κ2) is 4.23. The summed E-state index contributed by atoms with van der Waals surface area (Å²) in [5.41, 5.74) is -5.23. The molecule has 5 nitrogen and oxygen atoms in total. The van der Waals surface area contributed by atoms with Crippen LogP contribution in [0.1, 0.15) is 10.5 Å². The Morgan fingerprint density at radius 2 is 1.85 bits per heavy atom. The van der Waals surface area contributed by atoms with Crippen LogP contribution in [0.15, 0.2) is 29.2 Å². The van der Waals surface area contributed by atoms with Gasteiger partial charge in [0.25, 0.3) is 9.84 Å². The smallest absolute Gasteiger partial charge is 0.477 e. The van der Waals surface area contributed by atoms with Gasteiger partial charge in [-0.15, -0.1) is 0 Å². The van der Waals surface area contributed by atoms with Crippen molar-refractivity contribution in [1.29, 1.82) is 0 Å². The van der Waals surface area contributed by atoms with Gasteiger partial charge in [-0.25, -0.2) is 13.2 Å². The Morgan fingerprint density at radius 3 is 2.35 bits per heavy atom. The molecule has 20 heavy (non-hydrogen) atoms. The van der Waals surface area contributed by atoms with Crippen LogP contribution >= 0.6 is 0 Å². The molecule has 0 atom stereocenters. The highest BCUT2D eigenvalue weighted by molar-refractivity contribution is 7.92. The van der Waals surface area contributed by atoms with Crippen molar-refractivity contribution in [2.24, 2.45) is 7.05 Å². The van der Waals surface area contributed by atoms with Gasteiger partial charge in [-0.2, -0.15) is 13.2 Å². The third-order valence-electron chi connectivity index (χ3n) is 2.85. The summed E-state index contributed by atoms with van der Waals surface area (Å²) in [6.45, 7) is 0. The summed E-state index contributed by atoms with van der Waals surface area (Å²) in [6, 6.07) is 3.87. The van der Waals surface area contributed by atoms with Crippen LogP contribution in [0.4, 0.5) is 13.2 Å². The molecule has 108 valence electrons. The number of carboxylic acid groups (broad SMARTS) is 1. The standard InChI is InChI=1S/C11H8F3NO4S/c1-15-8-3-2-7(20(18,19)11(12,13)14)4-6(8)5-9(15)10(16)17/h2-5H,1H3,(H,16,17). The van der Waals surface area contributed by atoms with E-state index in [1.165, 1.54) is 11.6 Å². The van der Waals surface area contributed by atoms with Crippen LogP contribution in [-0.2, 0) is 16.9 Å². The molecule has 2 aromatic rings. The Hall–Kier alpha value is -2.03. The number of aromatic nitrogens is 1. The van der Waals surface area contributed by atoms with Crippen molar-refractivity contribution in [3.05, 3.63) is 30.0 Å². The molecule has 0 fully saturated rings. The lowest BCUT2D eigenvalue weighted by atomic mass is 10.2. The number of hydrogen-bond donors (Lipinski definition) is 1. The molecule has 0 aliphatic heterocycles. The van der Waals surface area contributed by atoms with Crippen molar-refractivity contribution >= 4 is 26.7 Å². The Kier molecular flexibility index (Phi) is 3.04. The fourth-order valence-corrected chi connectivity index (χ4v) is 2.63. The van der Waals surface area contributed by atoms with E-state index in [4.69, 9.17) is 5.11 Å². The quantitative estimate of drug-likeness (QED) is 0.922. The number of sulfone groups is 1. The van der Waals surface area contributed by atoms with E-state index in [1.54, 1.807) is 0 Å². The highest BCUT2D eigenvalue weighted by Gasteiger charge is 2.46. The summed E-state index contributed by atoms with van der Waals surface area (Å²) in [5.74, 6) is -1.26. The highest BCUT2D eigenvalue weighted by Crippen LogP contribution is 2.32. The number of benzene rings is 1. The first kappa shape index (κ1) is 14.4. The van der Waals surface area contributed by atoms with E-state index >= 15 is 0 Å². The maximum absolute atomic E-state index is 12.4. The van der Waals surface area contributed by atoms with Crippen LogP contribution in [-0.4, -0.2) is 29.6 Å². The van der Waals surface area contributed by atoms with Crippen LogP contribution in [0, 0.1) is 0 Å². The summed E-state index contributed by atoms with van der Waals surface area (Å²) >= 11 is 0. The van der Waals surface area contributed by atoms with Crippen LogP contribution in [0.25, 0.3) is 10.9 Å². The normalized spacial score (nSPS) is 12.8. The minimum atomic E-state index is -5.45. The first-order valence-corrected chi connectivity index (χ1v) is 6.68. The van der Waals surface area contributed by atoms with Crippen LogP contribution in [0.5, 0.6) is 0 Å². The van der Waals surface area contributed by atoms with E-state index in [1.807, 2.05) is 0 Å². The minimum absolute atomic E-state index is 0.107. The van der Waals surface area contributed by atoms with Crippen molar-refractivity contribution < 1.29 is 31.5 Å². The third kappa shape index (κ3) is 2.03. The van der Waals surface area contributed by atoms with Gasteiger partial charge in [-0.05, 0) is 24.3 Å². The number of halogens is 3. The van der Waals surface area contributed by atoms with Crippen molar-refractivity contribution in [3.8, 4) is 0 Å². The summed E-state index contributed by atoms with van der Waals surface area (Å²) < 4.78 is 61.1. The monoisotopic (exact) mass is 307 g/mol. The maximum atomic E-state index is 12.4. The van der Waals surface area contributed by atoms with E-state index in [9.17, 15) is 26.4 Å². The largest absolute Gasteiger partial charge is 0.501 e. The van der Waals surface area contributed by atoms with Gasteiger partial charge < -0.3 is 9.67 Å². The summed E-state index contributed by atoms with van der Waals surface area (Å²) in [7, 11) is -4.03. The third-order valence-corrected chi connectivity index (χ3v) is 4.33. The molecule has 1 aromatic heterocycles. The van der Waals surface area contributed by atoms with Crippen LogP contribution in [0.3, 0.4) is 0 Å². The molecule has 0 radical (unpaired) electrons. The second-order valence-electron chi connectivity index (χ2n) is 4.06. The van der Waals surface area contributed by atoms with Gasteiger partial charge >= 0.3 is 11.5 Å². The van der Waals surface area contributed by atoms with Gasteiger partial charge in [-0.1, -0.05) is 0 Å². The molecule has 1 N–H and O–H groups in total. The number of fused-ring (bicyclic) bond motifs is 1. The van der Waals surface area contributed by atoms with Gasteiger partial charge in [0.05, 0.1) is 4.90 Å². The number of nitrogens with zero attached hydrogens (tertiary/aromatic N) is 1. The van der Waals surface area contributed by atoms with Gasteiger partial charge in [0, 0.05) is 18.0 Å². The maximum Gasteiger partial charge on any atom is 0.501 e. The number of carbonyl (C=O) groups is 1. The molecule has 0 saturated carbocycles. The minimum Gasteiger partial charge on any atom is -0.477 e. The molecule has 0 amide bonds. The molecule has 9 heteroatoms. The Morgan fingerprint density at radius 1 is 1.25 bits per heavy atom. The van der Waals surface area contributed by atoms with Gasteiger partial charge in [0.1, 0.15) is 5.69 Å². The van der Waals surface area contributed by atoms with Crippen LogP contribution < -0.4 is 0 Å². The molecule has 1 heterocycles. The number of carboxylic acids is 1. The number of rotatable bonds is 2. The van der Waals surface area contributed by atoms with Crippen molar-refractivity contribution in [1.82, 2.24) is 4.57 Å². The SMILES string of the molecule is Cn1c(C(=O)O)cc2cc(S(=O)(=O)C(F)(F)F)ccc21. The van der Waals surface area contributed by atoms with E-state index in [2.05, 4.69) is 0 Å². The van der Waals surface area contributed by atoms with Crippen LogP contribution in [0.2, 0.25) is 0 Å². The average Bonchev–Trinajstić information content (AvgIpc) is 2.65. The fraction of sp³-hybridized carbons (Fsp3) is 0.182. The second-order valence-corrected chi connectivity index (χ2v) is 6.00. The molecule has 0 spiro atoms. The lowest BCUT2D eigenvalue weighted by Gasteiger charge is -2.08. The Bertz CT molecular complexity index is 805. The van der Waals surface area contributed by atoms with Crippen molar-refractivity contribution in [2.45, 2.75) is 10.4 Å².